The van der Waals surface area contributed by atoms with Crippen LogP contribution in [0.25, 0.3) is 0 Å². The minimum atomic E-state index is -3.23. The third-order valence-electron chi connectivity index (χ3n) is 3.15. The van der Waals surface area contributed by atoms with Crippen molar-refractivity contribution in [1.82, 2.24) is 4.31 Å². The molecular formula is C14H22ClNO2S. The molecule has 1 aromatic rings. The van der Waals surface area contributed by atoms with Crippen molar-refractivity contribution in [2.75, 3.05) is 19.3 Å². The van der Waals surface area contributed by atoms with E-state index >= 15 is 0 Å². The van der Waals surface area contributed by atoms with E-state index in [-0.39, 0.29) is 17.0 Å². The minimum Gasteiger partial charge on any atom is -0.212 e. The monoisotopic (exact) mass is 303 g/mol. The Morgan fingerprint density at radius 3 is 2.32 bits per heavy atom. The van der Waals surface area contributed by atoms with Crippen LogP contribution in [0.1, 0.15) is 31.7 Å². The van der Waals surface area contributed by atoms with E-state index < -0.39 is 10.0 Å². The highest BCUT2D eigenvalue weighted by molar-refractivity contribution is 7.89. The summed E-state index contributed by atoms with van der Waals surface area (Å²) in [5.74, 6) is 0.117. The molecule has 2 atom stereocenters. The fraction of sp³-hybridized carbons (Fsp3) is 0.571. The predicted molar refractivity (Wildman–Crippen MR) is 81.2 cm³/mol. The van der Waals surface area contributed by atoms with Gasteiger partial charge in [0.1, 0.15) is 0 Å². The van der Waals surface area contributed by atoms with Gasteiger partial charge in [0.15, 0.2) is 0 Å². The van der Waals surface area contributed by atoms with Crippen LogP contribution >= 0.6 is 11.6 Å². The fourth-order valence-corrected chi connectivity index (χ4v) is 3.38. The molecule has 19 heavy (non-hydrogen) atoms. The van der Waals surface area contributed by atoms with Gasteiger partial charge in [0.2, 0.25) is 10.0 Å². The highest BCUT2D eigenvalue weighted by Crippen LogP contribution is 2.18. The first-order chi connectivity index (χ1) is 8.83. The van der Waals surface area contributed by atoms with Gasteiger partial charge >= 0.3 is 0 Å². The minimum absolute atomic E-state index is 0.0100. The number of halogens is 1. The molecule has 0 spiro atoms. The fourth-order valence-electron chi connectivity index (χ4n) is 1.82. The molecule has 0 bridgehead atoms. The van der Waals surface area contributed by atoms with Crippen LogP contribution in [0.3, 0.4) is 0 Å². The van der Waals surface area contributed by atoms with E-state index in [0.717, 1.165) is 5.56 Å². The van der Waals surface area contributed by atoms with Crippen molar-refractivity contribution in [3.63, 3.8) is 0 Å². The second kappa shape index (κ2) is 7.27. The number of hydrogen-bond donors (Lipinski definition) is 0. The van der Waals surface area contributed by atoms with Gasteiger partial charge in [-0.2, -0.15) is 0 Å². The van der Waals surface area contributed by atoms with E-state index in [1.165, 1.54) is 4.31 Å². The van der Waals surface area contributed by atoms with Gasteiger partial charge in [-0.05, 0) is 24.8 Å². The van der Waals surface area contributed by atoms with Crippen LogP contribution in [0.2, 0.25) is 0 Å². The summed E-state index contributed by atoms with van der Waals surface area (Å²) in [5, 5.41) is -0.0100. The Morgan fingerprint density at radius 2 is 1.79 bits per heavy atom. The van der Waals surface area contributed by atoms with Crippen molar-refractivity contribution < 1.29 is 8.42 Å². The van der Waals surface area contributed by atoms with E-state index in [0.29, 0.717) is 13.0 Å². The highest BCUT2D eigenvalue weighted by Gasteiger charge is 2.22. The maximum absolute atomic E-state index is 12.2. The third kappa shape index (κ3) is 5.51. The molecule has 1 rings (SSSR count). The number of hydrogen-bond acceptors (Lipinski definition) is 2. The van der Waals surface area contributed by atoms with Crippen LogP contribution in [-0.4, -0.2) is 37.4 Å². The second-order valence-corrected chi connectivity index (χ2v) is 7.85. The smallest absolute Gasteiger partial charge is 0.212 e. The zero-order valence-electron chi connectivity index (χ0n) is 11.7. The molecule has 0 aliphatic heterocycles. The summed E-state index contributed by atoms with van der Waals surface area (Å²) < 4.78 is 25.8. The zero-order valence-corrected chi connectivity index (χ0v) is 13.3. The quantitative estimate of drug-likeness (QED) is 0.726. The summed E-state index contributed by atoms with van der Waals surface area (Å²) >= 11 is 5.85. The van der Waals surface area contributed by atoms with Gasteiger partial charge in [-0.3, -0.25) is 0 Å². The summed E-state index contributed by atoms with van der Waals surface area (Å²) in [7, 11) is -1.61. The zero-order chi connectivity index (χ0) is 14.5. The van der Waals surface area contributed by atoms with Crippen LogP contribution in [0.15, 0.2) is 30.3 Å². The van der Waals surface area contributed by atoms with Crippen molar-refractivity contribution in [2.24, 2.45) is 0 Å². The number of rotatable bonds is 7. The van der Waals surface area contributed by atoms with Gasteiger partial charge in [-0.15, -0.1) is 11.6 Å². The molecule has 0 aliphatic rings. The number of benzene rings is 1. The summed E-state index contributed by atoms with van der Waals surface area (Å²) in [6.45, 7) is 4.27. The van der Waals surface area contributed by atoms with Gasteiger partial charge < -0.3 is 0 Å². The molecule has 3 nitrogen and oxygen atoms in total. The molecule has 0 N–H and O–H groups in total. The van der Waals surface area contributed by atoms with Crippen molar-refractivity contribution in [1.29, 1.82) is 0 Å². The van der Waals surface area contributed by atoms with E-state index in [2.05, 4.69) is 0 Å². The Bertz CT molecular complexity index is 473. The summed E-state index contributed by atoms with van der Waals surface area (Å²) in [6.07, 6.45) is 0.664. The molecule has 0 aromatic heterocycles. The van der Waals surface area contributed by atoms with Gasteiger partial charge in [-0.25, -0.2) is 12.7 Å². The molecule has 0 amide bonds. The first-order valence-corrected chi connectivity index (χ1v) is 8.50. The Morgan fingerprint density at radius 1 is 1.21 bits per heavy atom. The predicted octanol–water partition coefficient (Wildman–Crippen LogP) is 3.07. The van der Waals surface area contributed by atoms with Crippen LogP contribution in [0, 0.1) is 0 Å². The normalized spacial score (nSPS) is 15.4. The van der Waals surface area contributed by atoms with Crippen molar-refractivity contribution in [3.8, 4) is 0 Å². The number of nitrogens with zero attached hydrogens (tertiary/aromatic N) is 1. The summed E-state index contributed by atoms with van der Waals surface area (Å²) in [4.78, 5) is 0. The lowest BCUT2D eigenvalue weighted by Gasteiger charge is -2.20. The topological polar surface area (TPSA) is 37.4 Å². The van der Waals surface area contributed by atoms with Crippen LogP contribution in [-0.2, 0) is 10.0 Å². The molecule has 5 heteroatoms. The first-order valence-electron chi connectivity index (χ1n) is 6.46. The number of sulfonamides is 1. The first kappa shape index (κ1) is 16.5. The van der Waals surface area contributed by atoms with E-state index in [1.807, 2.05) is 44.2 Å². The van der Waals surface area contributed by atoms with Crippen molar-refractivity contribution in [3.05, 3.63) is 35.9 Å². The average molecular weight is 304 g/mol. The van der Waals surface area contributed by atoms with Gasteiger partial charge in [0.25, 0.3) is 0 Å². The molecule has 0 fully saturated rings. The number of alkyl halides is 1. The van der Waals surface area contributed by atoms with Crippen molar-refractivity contribution in [2.45, 2.75) is 31.6 Å². The molecule has 0 saturated carbocycles. The van der Waals surface area contributed by atoms with Gasteiger partial charge in [-0.1, -0.05) is 37.3 Å². The Balaban J connectivity index is 2.64. The molecule has 1 aromatic carbocycles. The largest absolute Gasteiger partial charge is 0.214 e. The lowest BCUT2D eigenvalue weighted by molar-refractivity contribution is 0.458. The van der Waals surface area contributed by atoms with Crippen LogP contribution < -0.4 is 0 Å². The maximum Gasteiger partial charge on any atom is 0.214 e. The van der Waals surface area contributed by atoms with Crippen LogP contribution in [0.4, 0.5) is 0 Å². The van der Waals surface area contributed by atoms with Gasteiger partial charge in [0.05, 0.1) is 5.75 Å². The van der Waals surface area contributed by atoms with E-state index in [1.54, 1.807) is 7.05 Å². The van der Waals surface area contributed by atoms with Crippen LogP contribution in [0.5, 0.6) is 0 Å². The van der Waals surface area contributed by atoms with Gasteiger partial charge in [0, 0.05) is 19.0 Å². The summed E-state index contributed by atoms with van der Waals surface area (Å²) in [6, 6.07) is 9.70. The Labute approximate surface area is 121 Å². The third-order valence-corrected chi connectivity index (χ3v) is 5.42. The maximum atomic E-state index is 12.2. The molecule has 0 heterocycles. The SMILES string of the molecule is CC(Cl)CCN(C)S(=O)(=O)CC(C)c1ccccc1. The molecular weight excluding hydrogens is 282 g/mol. The lowest BCUT2D eigenvalue weighted by atomic mass is 10.0. The summed E-state index contributed by atoms with van der Waals surface area (Å²) in [5.41, 5.74) is 1.05. The highest BCUT2D eigenvalue weighted by atomic mass is 35.5. The molecule has 108 valence electrons. The standard InChI is InChI=1S/C14H22ClNO2S/c1-12(14-7-5-4-6-8-14)11-19(17,18)16(3)10-9-13(2)15/h4-8,12-13H,9-11H2,1-3H3. The average Bonchev–Trinajstić information content (AvgIpc) is 2.36. The second-order valence-electron chi connectivity index (χ2n) is 4.98. The van der Waals surface area contributed by atoms with E-state index in [4.69, 9.17) is 11.6 Å². The molecule has 0 aliphatic carbocycles. The Kier molecular flexibility index (Phi) is 6.30. The van der Waals surface area contributed by atoms with E-state index in [9.17, 15) is 8.42 Å². The molecule has 2 unspecified atom stereocenters. The molecule has 0 radical (unpaired) electrons. The Hall–Kier alpha value is -0.580. The van der Waals surface area contributed by atoms with Crippen molar-refractivity contribution >= 4 is 21.6 Å². The lowest BCUT2D eigenvalue weighted by Crippen LogP contribution is -2.32. The molecule has 0 saturated heterocycles.